The van der Waals surface area contributed by atoms with Crippen molar-refractivity contribution in [1.82, 2.24) is 0 Å². The first kappa shape index (κ1) is 13.8. The van der Waals surface area contributed by atoms with Gasteiger partial charge in [-0.3, -0.25) is 0 Å². The number of hydrogen-bond acceptors (Lipinski definition) is 0. The molecule has 0 nitrogen and oxygen atoms in total. The van der Waals surface area contributed by atoms with Crippen molar-refractivity contribution in [2.24, 2.45) is 0 Å². The SMILES string of the molecule is C=c1cc2cc3ccccc3cc2c/c1=C/c1ccccc1C. The van der Waals surface area contributed by atoms with E-state index in [9.17, 15) is 0 Å². The number of aryl methyl sites for hydroxylation is 1. The minimum Gasteiger partial charge on any atom is -0.0911 e. The fourth-order valence-electron chi connectivity index (χ4n) is 3.11. The van der Waals surface area contributed by atoms with Crippen LogP contribution in [0, 0.1) is 6.92 Å². The summed E-state index contributed by atoms with van der Waals surface area (Å²) in [5.74, 6) is 0. The molecule has 0 spiro atoms. The van der Waals surface area contributed by atoms with Gasteiger partial charge in [0.1, 0.15) is 0 Å². The maximum Gasteiger partial charge on any atom is -0.0171 e. The number of fused-ring (bicyclic) bond motifs is 2. The normalized spacial score (nSPS) is 12.1. The Bertz CT molecular complexity index is 1130. The van der Waals surface area contributed by atoms with Gasteiger partial charge in [0.15, 0.2) is 0 Å². The van der Waals surface area contributed by atoms with E-state index >= 15 is 0 Å². The van der Waals surface area contributed by atoms with Gasteiger partial charge in [0, 0.05) is 0 Å². The van der Waals surface area contributed by atoms with Gasteiger partial charge in [-0.25, -0.2) is 0 Å². The van der Waals surface area contributed by atoms with Gasteiger partial charge in [-0.15, -0.1) is 0 Å². The molecule has 0 bridgehead atoms. The Morgan fingerprint density at radius 3 is 2.00 bits per heavy atom. The first-order valence-electron chi connectivity index (χ1n) is 7.90. The van der Waals surface area contributed by atoms with Crippen LogP contribution in [0.25, 0.3) is 34.2 Å². The minimum absolute atomic E-state index is 1.07. The molecule has 0 aromatic heterocycles. The molecule has 4 aromatic carbocycles. The molecular formula is C23H18. The first-order chi connectivity index (χ1) is 11.2. The van der Waals surface area contributed by atoms with Gasteiger partial charge in [-0.2, -0.15) is 0 Å². The molecule has 110 valence electrons. The third-order valence-electron chi connectivity index (χ3n) is 4.46. The van der Waals surface area contributed by atoms with Crippen LogP contribution in [0.3, 0.4) is 0 Å². The average molecular weight is 294 g/mol. The molecule has 0 aliphatic rings. The lowest BCUT2D eigenvalue weighted by Crippen LogP contribution is -2.22. The summed E-state index contributed by atoms with van der Waals surface area (Å²) < 4.78 is 0. The van der Waals surface area contributed by atoms with Crippen molar-refractivity contribution in [3.8, 4) is 0 Å². The molecule has 0 aliphatic carbocycles. The predicted molar refractivity (Wildman–Crippen MR) is 101 cm³/mol. The molecule has 0 atom stereocenters. The largest absolute Gasteiger partial charge is 0.0911 e. The maximum absolute atomic E-state index is 4.25. The third kappa shape index (κ3) is 2.53. The fraction of sp³-hybridized carbons (Fsp3) is 0.0435. The zero-order valence-electron chi connectivity index (χ0n) is 13.2. The van der Waals surface area contributed by atoms with Gasteiger partial charge >= 0.3 is 0 Å². The van der Waals surface area contributed by atoms with Crippen molar-refractivity contribution >= 4 is 34.2 Å². The van der Waals surface area contributed by atoms with Crippen LogP contribution >= 0.6 is 0 Å². The molecule has 23 heavy (non-hydrogen) atoms. The minimum atomic E-state index is 1.07. The average Bonchev–Trinajstić information content (AvgIpc) is 2.56. The zero-order valence-corrected chi connectivity index (χ0v) is 13.2. The van der Waals surface area contributed by atoms with Crippen LogP contribution in [0.2, 0.25) is 0 Å². The number of hydrogen-bond donors (Lipinski definition) is 0. The fourth-order valence-corrected chi connectivity index (χ4v) is 3.11. The highest BCUT2D eigenvalue weighted by Crippen LogP contribution is 2.20. The Morgan fingerprint density at radius 2 is 1.30 bits per heavy atom. The van der Waals surface area contributed by atoms with Gasteiger partial charge in [0.25, 0.3) is 0 Å². The lowest BCUT2D eigenvalue weighted by atomic mass is 10.0. The van der Waals surface area contributed by atoms with Crippen LogP contribution in [0.5, 0.6) is 0 Å². The second-order valence-electron chi connectivity index (χ2n) is 6.10. The third-order valence-corrected chi connectivity index (χ3v) is 4.46. The lowest BCUT2D eigenvalue weighted by molar-refractivity contribution is 1.43. The molecule has 0 unspecified atom stereocenters. The van der Waals surface area contributed by atoms with E-state index in [1.807, 2.05) is 0 Å². The van der Waals surface area contributed by atoms with Crippen LogP contribution < -0.4 is 10.4 Å². The number of benzene rings is 4. The molecule has 0 heterocycles. The summed E-state index contributed by atoms with van der Waals surface area (Å²) in [6, 6.07) is 25.9. The van der Waals surface area contributed by atoms with E-state index in [4.69, 9.17) is 0 Å². The summed E-state index contributed by atoms with van der Waals surface area (Å²) in [4.78, 5) is 0. The molecule has 4 rings (SSSR count). The number of rotatable bonds is 1. The first-order valence-corrected chi connectivity index (χ1v) is 7.90. The second kappa shape index (κ2) is 5.40. The Kier molecular flexibility index (Phi) is 3.24. The van der Waals surface area contributed by atoms with Crippen molar-refractivity contribution < 1.29 is 0 Å². The maximum atomic E-state index is 4.25. The van der Waals surface area contributed by atoms with Gasteiger partial charge in [-0.05, 0) is 80.4 Å². The molecular weight excluding hydrogens is 276 g/mol. The van der Waals surface area contributed by atoms with Gasteiger partial charge in [-0.1, -0.05) is 55.1 Å². The quantitative estimate of drug-likeness (QED) is 0.452. The van der Waals surface area contributed by atoms with Crippen LogP contribution in [-0.2, 0) is 0 Å². The Balaban J connectivity index is 2.01. The summed E-state index contributed by atoms with van der Waals surface area (Å²) in [5.41, 5.74) is 2.53. The van der Waals surface area contributed by atoms with Crippen molar-refractivity contribution in [3.05, 3.63) is 94.4 Å². The van der Waals surface area contributed by atoms with Crippen molar-refractivity contribution in [2.75, 3.05) is 0 Å². The highest BCUT2D eigenvalue weighted by atomic mass is 14.0. The summed E-state index contributed by atoms with van der Waals surface area (Å²) in [6.45, 7) is 6.39. The van der Waals surface area contributed by atoms with Crippen LogP contribution in [0.4, 0.5) is 0 Å². The molecule has 0 saturated heterocycles. The van der Waals surface area contributed by atoms with E-state index in [0.29, 0.717) is 0 Å². The second-order valence-corrected chi connectivity index (χ2v) is 6.10. The van der Waals surface area contributed by atoms with Gasteiger partial charge < -0.3 is 0 Å². The summed E-state index contributed by atoms with van der Waals surface area (Å²) in [7, 11) is 0. The highest BCUT2D eigenvalue weighted by Gasteiger charge is 1.99. The molecule has 0 amide bonds. The summed E-state index contributed by atoms with van der Waals surface area (Å²) >= 11 is 0. The monoisotopic (exact) mass is 294 g/mol. The zero-order chi connectivity index (χ0) is 15.8. The van der Waals surface area contributed by atoms with E-state index in [-0.39, 0.29) is 0 Å². The van der Waals surface area contributed by atoms with Crippen molar-refractivity contribution in [1.29, 1.82) is 0 Å². The van der Waals surface area contributed by atoms with E-state index in [2.05, 4.69) is 92.4 Å². The van der Waals surface area contributed by atoms with E-state index in [1.54, 1.807) is 0 Å². The molecule has 0 radical (unpaired) electrons. The Morgan fingerprint density at radius 1 is 0.696 bits per heavy atom. The van der Waals surface area contributed by atoms with Crippen LogP contribution in [0.1, 0.15) is 11.1 Å². The molecule has 0 heteroatoms. The summed E-state index contributed by atoms with van der Waals surface area (Å²) in [5, 5.41) is 7.30. The standard InChI is InChI=1S/C23H18/c1-16-7-3-4-8-18(16)12-21-15-23-14-20-10-6-5-9-19(20)13-22(23)11-17(21)2/h3-15H,2H2,1H3/b21-12-. The van der Waals surface area contributed by atoms with Crippen LogP contribution in [0.15, 0.2) is 72.8 Å². The van der Waals surface area contributed by atoms with Crippen molar-refractivity contribution in [2.45, 2.75) is 6.92 Å². The smallest absolute Gasteiger partial charge is 0.0171 e. The molecule has 0 saturated carbocycles. The Hall–Kier alpha value is -2.86. The van der Waals surface area contributed by atoms with Crippen LogP contribution in [-0.4, -0.2) is 0 Å². The molecule has 0 fully saturated rings. The Labute approximate surface area is 136 Å². The topological polar surface area (TPSA) is 0 Å². The molecule has 0 aliphatic heterocycles. The van der Waals surface area contributed by atoms with E-state index in [1.165, 1.54) is 37.9 Å². The molecule has 4 aromatic rings. The van der Waals surface area contributed by atoms with E-state index < -0.39 is 0 Å². The van der Waals surface area contributed by atoms with Crippen molar-refractivity contribution in [3.63, 3.8) is 0 Å². The van der Waals surface area contributed by atoms with Gasteiger partial charge in [0.2, 0.25) is 0 Å². The van der Waals surface area contributed by atoms with E-state index in [0.717, 1.165) is 5.22 Å². The predicted octanol–water partition coefficient (Wildman–Crippen LogP) is 4.54. The van der Waals surface area contributed by atoms with Gasteiger partial charge in [0.05, 0.1) is 0 Å². The molecule has 0 N–H and O–H groups in total. The lowest BCUT2D eigenvalue weighted by Gasteiger charge is -2.04. The summed E-state index contributed by atoms with van der Waals surface area (Å²) in [6.07, 6.45) is 2.23. The highest BCUT2D eigenvalue weighted by molar-refractivity contribution is 5.98.